The van der Waals surface area contributed by atoms with E-state index in [-0.39, 0.29) is 0 Å². The second-order valence-corrected chi connectivity index (χ2v) is 9.91. The van der Waals surface area contributed by atoms with E-state index in [9.17, 15) is 0 Å². The maximum Gasteiger partial charge on any atom is 0.153 e. The topological polar surface area (TPSA) is 26.0 Å². The van der Waals surface area contributed by atoms with Crippen molar-refractivity contribution in [3.8, 4) is 22.4 Å². The predicted molar refractivity (Wildman–Crippen MR) is 137 cm³/mol. The number of hydrogen-bond acceptors (Lipinski definition) is 3. The summed E-state index contributed by atoms with van der Waals surface area (Å²) in [6.45, 7) is 8.64. The molecule has 32 heavy (non-hydrogen) atoms. The first-order chi connectivity index (χ1) is 15.5. The summed E-state index contributed by atoms with van der Waals surface area (Å²) in [5, 5.41) is 3.55. The summed E-state index contributed by atoms with van der Waals surface area (Å²) in [6.07, 6.45) is 1.98. The first-order valence-corrected chi connectivity index (χ1v) is 11.7. The van der Waals surface area contributed by atoms with Crippen LogP contribution in [-0.4, -0.2) is 4.98 Å². The lowest BCUT2D eigenvalue weighted by molar-refractivity contribution is 0.674. The van der Waals surface area contributed by atoms with Gasteiger partial charge in [-0.15, -0.1) is 11.3 Å². The molecule has 0 saturated carbocycles. The zero-order valence-electron chi connectivity index (χ0n) is 18.6. The van der Waals surface area contributed by atoms with E-state index < -0.39 is 0 Å². The predicted octanol–water partition coefficient (Wildman–Crippen LogP) is 8.76. The van der Waals surface area contributed by atoms with Gasteiger partial charge in [0.15, 0.2) is 5.58 Å². The number of thiophene rings is 1. The van der Waals surface area contributed by atoms with Gasteiger partial charge in [-0.25, -0.2) is 0 Å². The zero-order valence-corrected chi connectivity index (χ0v) is 19.4. The maximum atomic E-state index is 6.56. The summed E-state index contributed by atoms with van der Waals surface area (Å²) in [7, 11) is 0. The number of hydrogen-bond donors (Lipinski definition) is 0. The van der Waals surface area contributed by atoms with Crippen LogP contribution in [0.3, 0.4) is 0 Å². The summed E-state index contributed by atoms with van der Waals surface area (Å²) >= 11 is 1.79. The molecule has 6 aromatic rings. The fourth-order valence-electron chi connectivity index (χ4n) is 4.86. The number of aryl methyl sites for hydroxylation is 4. The van der Waals surface area contributed by atoms with Gasteiger partial charge in [0.05, 0.1) is 10.4 Å². The normalized spacial score (nSPS) is 11.8. The van der Waals surface area contributed by atoms with Crippen molar-refractivity contribution < 1.29 is 4.42 Å². The van der Waals surface area contributed by atoms with Crippen LogP contribution in [0.4, 0.5) is 0 Å². The molecule has 0 fully saturated rings. The fraction of sp³-hybridized carbons (Fsp3) is 0.138. The molecule has 0 N–H and O–H groups in total. The zero-order chi connectivity index (χ0) is 22.0. The Morgan fingerprint density at radius 3 is 2.28 bits per heavy atom. The average molecular weight is 434 g/mol. The first-order valence-electron chi connectivity index (χ1n) is 10.9. The first kappa shape index (κ1) is 19.3. The Bertz CT molecular complexity index is 1650. The van der Waals surface area contributed by atoms with E-state index in [4.69, 9.17) is 9.40 Å². The molecule has 0 bridgehead atoms. The van der Waals surface area contributed by atoms with E-state index in [0.717, 1.165) is 27.8 Å². The van der Waals surface area contributed by atoms with Crippen LogP contribution in [0.2, 0.25) is 0 Å². The molecule has 3 aromatic heterocycles. The molecule has 0 atom stereocenters. The summed E-state index contributed by atoms with van der Waals surface area (Å²) in [5.74, 6) is 0. The third-order valence-corrected chi connectivity index (χ3v) is 7.47. The number of aromatic nitrogens is 1. The van der Waals surface area contributed by atoms with Gasteiger partial charge in [0.2, 0.25) is 0 Å². The van der Waals surface area contributed by atoms with E-state index in [1.54, 1.807) is 11.3 Å². The van der Waals surface area contributed by atoms with E-state index in [1.165, 1.54) is 48.2 Å². The number of benzene rings is 3. The molecule has 2 nitrogen and oxygen atoms in total. The molecule has 0 radical (unpaired) electrons. The monoisotopic (exact) mass is 433 g/mol. The molecule has 0 aliphatic heterocycles. The quantitative estimate of drug-likeness (QED) is 0.273. The van der Waals surface area contributed by atoms with Crippen molar-refractivity contribution in [3.05, 3.63) is 88.4 Å². The van der Waals surface area contributed by atoms with Gasteiger partial charge >= 0.3 is 0 Å². The van der Waals surface area contributed by atoms with Crippen molar-refractivity contribution >= 4 is 43.4 Å². The second-order valence-electron chi connectivity index (χ2n) is 8.65. The highest BCUT2D eigenvalue weighted by Gasteiger charge is 2.17. The molecule has 3 heterocycles. The van der Waals surface area contributed by atoms with E-state index in [2.05, 4.69) is 88.4 Å². The Hall–Kier alpha value is -3.43. The second kappa shape index (κ2) is 7.04. The molecule has 0 aliphatic rings. The van der Waals surface area contributed by atoms with Crippen LogP contribution >= 0.6 is 11.3 Å². The number of nitrogens with zero attached hydrogens (tertiary/aromatic N) is 1. The van der Waals surface area contributed by atoms with Crippen molar-refractivity contribution in [2.75, 3.05) is 0 Å². The van der Waals surface area contributed by atoms with E-state index >= 15 is 0 Å². The number of furan rings is 1. The average Bonchev–Trinajstić information content (AvgIpc) is 3.34. The number of pyridine rings is 1. The van der Waals surface area contributed by atoms with Crippen LogP contribution in [0.25, 0.3) is 54.4 Å². The van der Waals surface area contributed by atoms with Crippen LogP contribution in [-0.2, 0) is 0 Å². The highest BCUT2D eigenvalue weighted by molar-refractivity contribution is 7.19. The molecule has 0 aliphatic carbocycles. The molecule has 0 saturated heterocycles. The number of para-hydroxylation sites is 1. The SMILES string of the molecule is Cc1cc2ccc3c4cccc(-c5cc(-c6c(C)cccc6C)c(C)cn5)c4oc3c2s1. The lowest BCUT2D eigenvalue weighted by Gasteiger charge is -2.14. The Kier molecular flexibility index (Phi) is 4.24. The molecule has 6 rings (SSSR count). The standard InChI is InChI=1S/C29H23NOS/c1-16-7-5-8-17(2)26(16)24-14-25(30-15-18(24)3)23-10-6-9-21-22-12-11-20-13-19(4)32-29(20)28(22)31-27(21)23/h5-15H,1-4H3. The Balaban J connectivity index is 1.63. The highest BCUT2D eigenvalue weighted by Crippen LogP contribution is 2.41. The Labute approximate surface area is 191 Å². The molecule has 156 valence electrons. The minimum Gasteiger partial charge on any atom is -0.454 e. The van der Waals surface area contributed by atoms with Crippen molar-refractivity contribution in [2.24, 2.45) is 0 Å². The summed E-state index contributed by atoms with van der Waals surface area (Å²) in [6, 6.07) is 21.7. The maximum absolute atomic E-state index is 6.56. The molecular weight excluding hydrogens is 410 g/mol. The number of fused-ring (bicyclic) bond motifs is 5. The smallest absolute Gasteiger partial charge is 0.153 e. The number of rotatable bonds is 2. The van der Waals surface area contributed by atoms with E-state index in [0.29, 0.717) is 0 Å². The Morgan fingerprint density at radius 1 is 0.719 bits per heavy atom. The molecule has 3 aromatic carbocycles. The molecule has 3 heteroatoms. The summed E-state index contributed by atoms with van der Waals surface area (Å²) in [4.78, 5) is 6.12. The van der Waals surface area contributed by atoms with Crippen LogP contribution in [0, 0.1) is 27.7 Å². The highest BCUT2D eigenvalue weighted by atomic mass is 32.1. The third-order valence-electron chi connectivity index (χ3n) is 6.40. The van der Waals surface area contributed by atoms with Gasteiger partial charge in [0.1, 0.15) is 5.58 Å². The Morgan fingerprint density at radius 2 is 1.47 bits per heavy atom. The van der Waals surface area contributed by atoms with Crippen LogP contribution in [0.5, 0.6) is 0 Å². The molecule has 0 unspecified atom stereocenters. The van der Waals surface area contributed by atoms with Gasteiger partial charge in [-0.05, 0) is 85.2 Å². The lowest BCUT2D eigenvalue weighted by atomic mass is 9.92. The van der Waals surface area contributed by atoms with Crippen LogP contribution in [0.1, 0.15) is 21.6 Å². The van der Waals surface area contributed by atoms with Gasteiger partial charge in [-0.1, -0.05) is 36.4 Å². The molecule has 0 spiro atoms. The third kappa shape index (κ3) is 2.81. The van der Waals surface area contributed by atoms with Crippen LogP contribution in [0.15, 0.2) is 71.3 Å². The molecular formula is C29H23NOS. The van der Waals surface area contributed by atoms with Gasteiger partial charge in [-0.2, -0.15) is 0 Å². The largest absolute Gasteiger partial charge is 0.454 e. The van der Waals surface area contributed by atoms with Crippen molar-refractivity contribution in [1.82, 2.24) is 4.98 Å². The van der Waals surface area contributed by atoms with Crippen LogP contribution < -0.4 is 0 Å². The van der Waals surface area contributed by atoms with Gasteiger partial charge in [-0.3, -0.25) is 4.98 Å². The minimum absolute atomic E-state index is 0.907. The van der Waals surface area contributed by atoms with Crippen molar-refractivity contribution in [3.63, 3.8) is 0 Å². The summed E-state index contributed by atoms with van der Waals surface area (Å²) < 4.78 is 7.78. The van der Waals surface area contributed by atoms with Crippen molar-refractivity contribution in [1.29, 1.82) is 0 Å². The fourth-order valence-corrected chi connectivity index (χ4v) is 5.86. The van der Waals surface area contributed by atoms with Gasteiger partial charge in [0, 0.05) is 27.4 Å². The van der Waals surface area contributed by atoms with E-state index in [1.807, 2.05) is 6.20 Å². The lowest BCUT2D eigenvalue weighted by Crippen LogP contribution is -1.94. The van der Waals surface area contributed by atoms with Crippen molar-refractivity contribution in [2.45, 2.75) is 27.7 Å². The summed E-state index contributed by atoms with van der Waals surface area (Å²) in [5.41, 5.74) is 10.1. The van der Waals surface area contributed by atoms with Gasteiger partial charge in [0.25, 0.3) is 0 Å². The van der Waals surface area contributed by atoms with Gasteiger partial charge < -0.3 is 4.42 Å². The molecule has 0 amide bonds. The minimum atomic E-state index is 0.907.